The SMILES string of the molecule is O=C1CC(=O)N(CC(F)(F)Cc2ccc(F)c(F)c2)C(=O)N1CC(F)(F)Cc1ccc(F)c(F)c1. The minimum Gasteiger partial charge on any atom is -0.274 e. The normalized spacial score (nSPS) is 15.3. The third kappa shape index (κ3) is 6.34. The number of halogens is 8. The van der Waals surface area contributed by atoms with Crippen molar-refractivity contribution in [2.45, 2.75) is 31.1 Å². The molecule has 188 valence electrons. The van der Waals surface area contributed by atoms with Crippen LogP contribution in [-0.2, 0) is 22.4 Å². The molecule has 0 aromatic heterocycles. The number of urea groups is 1. The number of nitrogens with zero attached hydrogens (tertiary/aromatic N) is 2. The van der Waals surface area contributed by atoms with E-state index in [9.17, 15) is 49.5 Å². The summed E-state index contributed by atoms with van der Waals surface area (Å²) < 4.78 is 111. The second kappa shape index (κ2) is 9.62. The van der Waals surface area contributed by atoms with E-state index in [2.05, 4.69) is 0 Å². The molecule has 0 spiro atoms. The summed E-state index contributed by atoms with van der Waals surface area (Å²) in [7, 11) is 0. The number of imide groups is 2. The number of barbiturate groups is 1. The van der Waals surface area contributed by atoms with Crippen molar-refractivity contribution < 1.29 is 49.5 Å². The fourth-order valence-electron chi connectivity index (χ4n) is 3.46. The van der Waals surface area contributed by atoms with Gasteiger partial charge in [0.1, 0.15) is 6.42 Å². The Kier molecular flexibility index (Phi) is 7.18. The van der Waals surface area contributed by atoms with E-state index < -0.39 is 85.3 Å². The average molecular weight is 508 g/mol. The lowest BCUT2D eigenvalue weighted by molar-refractivity contribution is -0.149. The van der Waals surface area contributed by atoms with Gasteiger partial charge in [0.05, 0.1) is 13.1 Å². The molecule has 1 aliphatic rings. The first-order chi connectivity index (χ1) is 16.2. The maximum absolute atomic E-state index is 14.5. The minimum absolute atomic E-state index is 0.0745. The Morgan fingerprint density at radius 2 is 1.00 bits per heavy atom. The number of carbonyl (C=O) groups excluding carboxylic acids is 3. The zero-order chi connectivity index (χ0) is 26.1. The van der Waals surface area contributed by atoms with E-state index in [1.165, 1.54) is 0 Å². The number of carbonyl (C=O) groups is 3. The second-order valence-electron chi connectivity index (χ2n) is 7.98. The Labute approximate surface area is 192 Å². The lowest BCUT2D eigenvalue weighted by Crippen LogP contribution is -2.60. The molecule has 0 aliphatic carbocycles. The zero-order valence-corrected chi connectivity index (χ0v) is 17.6. The molecule has 0 N–H and O–H groups in total. The van der Waals surface area contributed by atoms with Gasteiger partial charge >= 0.3 is 6.03 Å². The van der Waals surface area contributed by atoms with Crippen LogP contribution < -0.4 is 0 Å². The molecule has 3 rings (SSSR count). The average Bonchev–Trinajstić information content (AvgIpc) is 2.73. The summed E-state index contributed by atoms with van der Waals surface area (Å²) in [6.45, 7) is -3.22. The van der Waals surface area contributed by atoms with Gasteiger partial charge < -0.3 is 0 Å². The Morgan fingerprint density at radius 3 is 1.34 bits per heavy atom. The number of hydrogen-bond acceptors (Lipinski definition) is 3. The lowest BCUT2D eigenvalue weighted by atomic mass is 10.0. The highest BCUT2D eigenvalue weighted by Crippen LogP contribution is 2.28. The first-order valence-corrected chi connectivity index (χ1v) is 9.96. The van der Waals surface area contributed by atoms with Crippen molar-refractivity contribution in [2.24, 2.45) is 0 Å². The van der Waals surface area contributed by atoms with E-state index in [1.54, 1.807) is 0 Å². The van der Waals surface area contributed by atoms with Gasteiger partial charge in [-0.15, -0.1) is 0 Å². The Morgan fingerprint density at radius 1 is 0.629 bits per heavy atom. The lowest BCUT2D eigenvalue weighted by Gasteiger charge is -2.36. The zero-order valence-electron chi connectivity index (χ0n) is 17.6. The van der Waals surface area contributed by atoms with Crippen LogP contribution in [0.25, 0.3) is 0 Å². The molecule has 1 fully saturated rings. The van der Waals surface area contributed by atoms with Crippen LogP contribution in [0.2, 0.25) is 0 Å². The van der Waals surface area contributed by atoms with Gasteiger partial charge in [0.2, 0.25) is 11.8 Å². The van der Waals surface area contributed by atoms with Gasteiger partial charge in [-0.1, -0.05) is 12.1 Å². The largest absolute Gasteiger partial charge is 0.333 e. The van der Waals surface area contributed by atoms with E-state index in [0.29, 0.717) is 24.3 Å². The molecule has 0 radical (unpaired) electrons. The highest BCUT2D eigenvalue weighted by molar-refractivity contribution is 6.14. The monoisotopic (exact) mass is 508 g/mol. The van der Waals surface area contributed by atoms with Crippen LogP contribution in [0.15, 0.2) is 36.4 Å². The molecule has 4 amide bonds. The van der Waals surface area contributed by atoms with Crippen LogP contribution in [0.1, 0.15) is 17.5 Å². The van der Waals surface area contributed by atoms with Crippen LogP contribution in [0.4, 0.5) is 39.9 Å². The van der Waals surface area contributed by atoms with Crippen molar-refractivity contribution in [1.82, 2.24) is 9.80 Å². The van der Waals surface area contributed by atoms with Crippen molar-refractivity contribution in [1.29, 1.82) is 0 Å². The first-order valence-electron chi connectivity index (χ1n) is 9.96. The molecule has 0 unspecified atom stereocenters. The molecule has 35 heavy (non-hydrogen) atoms. The molecule has 1 heterocycles. The maximum Gasteiger partial charge on any atom is 0.333 e. The molecule has 2 aromatic rings. The molecule has 1 aliphatic heterocycles. The Bertz CT molecular complexity index is 1080. The summed E-state index contributed by atoms with van der Waals surface area (Å²) in [6.07, 6.45) is -3.59. The standard InChI is InChI=1S/C22H16F8N2O3/c23-14-3-1-12(5-16(14)25)8-21(27,28)10-31-18(33)7-19(34)32(20(31)35)11-22(29,30)9-13-2-4-15(24)17(26)6-13/h1-6H,7-11H2. The summed E-state index contributed by atoms with van der Waals surface area (Å²) in [5, 5.41) is 0. The van der Waals surface area contributed by atoms with Gasteiger partial charge in [-0.2, -0.15) is 0 Å². The molecule has 13 heteroatoms. The fourth-order valence-corrected chi connectivity index (χ4v) is 3.46. The van der Waals surface area contributed by atoms with Crippen LogP contribution in [-0.4, -0.2) is 52.6 Å². The maximum atomic E-state index is 14.5. The Hall–Kier alpha value is -3.51. The summed E-state index contributed by atoms with van der Waals surface area (Å²) in [5.74, 6) is -15.8. The summed E-state index contributed by atoms with van der Waals surface area (Å²) in [4.78, 5) is 36.5. The highest BCUT2D eigenvalue weighted by atomic mass is 19.3. The number of rotatable bonds is 8. The molecular formula is C22H16F8N2O3. The van der Waals surface area contributed by atoms with Crippen LogP contribution >= 0.6 is 0 Å². The van der Waals surface area contributed by atoms with Crippen molar-refractivity contribution in [3.63, 3.8) is 0 Å². The predicted octanol–water partition coefficient (Wildman–Crippen LogP) is 4.48. The quantitative estimate of drug-likeness (QED) is 0.391. The second-order valence-corrected chi connectivity index (χ2v) is 7.98. The van der Waals surface area contributed by atoms with Crippen LogP contribution in [0.5, 0.6) is 0 Å². The minimum atomic E-state index is -3.88. The van der Waals surface area contributed by atoms with Gasteiger partial charge in [-0.3, -0.25) is 19.4 Å². The molecule has 0 bridgehead atoms. The third-order valence-corrected chi connectivity index (χ3v) is 5.04. The van der Waals surface area contributed by atoms with Crippen LogP contribution in [0.3, 0.4) is 0 Å². The smallest absolute Gasteiger partial charge is 0.274 e. The van der Waals surface area contributed by atoms with Gasteiger partial charge in [0.15, 0.2) is 23.3 Å². The highest BCUT2D eigenvalue weighted by Gasteiger charge is 2.46. The van der Waals surface area contributed by atoms with Gasteiger partial charge in [-0.05, 0) is 35.4 Å². The molecule has 5 nitrogen and oxygen atoms in total. The van der Waals surface area contributed by atoms with Gasteiger partial charge in [-0.25, -0.2) is 39.9 Å². The molecule has 0 saturated carbocycles. The van der Waals surface area contributed by atoms with E-state index in [4.69, 9.17) is 0 Å². The predicted molar refractivity (Wildman–Crippen MR) is 103 cm³/mol. The van der Waals surface area contributed by atoms with E-state index >= 15 is 0 Å². The van der Waals surface area contributed by atoms with Crippen molar-refractivity contribution in [3.05, 3.63) is 70.8 Å². The summed E-state index contributed by atoms with van der Waals surface area (Å²) in [6, 6.07) is 2.21. The first kappa shape index (κ1) is 26.1. The van der Waals surface area contributed by atoms with Gasteiger partial charge in [0, 0.05) is 12.8 Å². The number of alkyl halides is 4. The van der Waals surface area contributed by atoms with E-state index in [-0.39, 0.29) is 20.9 Å². The third-order valence-electron chi connectivity index (χ3n) is 5.04. The molecule has 1 saturated heterocycles. The van der Waals surface area contributed by atoms with Crippen molar-refractivity contribution in [2.75, 3.05) is 13.1 Å². The van der Waals surface area contributed by atoms with E-state index in [1.807, 2.05) is 0 Å². The van der Waals surface area contributed by atoms with Gasteiger partial charge in [0.25, 0.3) is 11.8 Å². The molecule has 2 aromatic carbocycles. The van der Waals surface area contributed by atoms with Crippen molar-refractivity contribution in [3.8, 4) is 0 Å². The molecular weight excluding hydrogens is 492 g/mol. The van der Waals surface area contributed by atoms with Crippen molar-refractivity contribution >= 4 is 17.8 Å². The number of hydrogen-bond donors (Lipinski definition) is 0. The Balaban J connectivity index is 1.73. The number of amides is 4. The number of benzene rings is 2. The van der Waals surface area contributed by atoms with E-state index in [0.717, 1.165) is 12.1 Å². The van der Waals surface area contributed by atoms with Crippen LogP contribution in [0, 0.1) is 23.3 Å². The fraction of sp³-hybridized carbons (Fsp3) is 0.318. The molecule has 0 atom stereocenters. The summed E-state index contributed by atoms with van der Waals surface area (Å²) in [5.41, 5.74) is -0.728. The topological polar surface area (TPSA) is 57.7 Å². The summed E-state index contributed by atoms with van der Waals surface area (Å²) >= 11 is 0.